The highest BCUT2D eigenvalue weighted by Crippen LogP contribution is 2.35. The first kappa shape index (κ1) is 13.3. The summed E-state index contributed by atoms with van der Waals surface area (Å²) in [4.78, 5) is 25.1. The first-order valence-corrected chi connectivity index (χ1v) is 5.76. The predicted octanol–water partition coefficient (Wildman–Crippen LogP) is 1.04. The second kappa shape index (κ2) is 5.23. The van der Waals surface area contributed by atoms with Crippen molar-refractivity contribution >= 4 is 23.4 Å². The lowest BCUT2D eigenvalue weighted by Gasteiger charge is -2.23. The molecule has 0 spiro atoms. The van der Waals surface area contributed by atoms with Gasteiger partial charge in [0, 0.05) is 19.5 Å². The van der Waals surface area contributed by atoms with Gasteiger partial charge in [-0.1, -0.05) is 6.07 Å². The van der Waals surface area contributed by atoms with Crippen molar-refractivity contribution in [1.82, 2.24) is 0 Å². The van der Waals surface area contributed by atoms with Crippen LogP contribution < -0.4 is 9.80 Å². The number of amides is 2. The van der Waals surface area contributed by atoms with E-state index in [2.05, 4.69) is 0 Å². The monoisotopic (exact) mass is 268 g/mol. The quantitative estimate of drug-likeness (QED) is 0.839. The summed E-state index contributed by atoms with van der Waals surface area (Å²) < 4.78 is 13.9. The van der Waals surface area contributed by atoms with Gasteiger partial charge < -0.3 is 15.1 Å². The van der Waals surface area contributed by atoms with Gasteiger partial charge in [0.25, 0.3) is 0 Å². The number of hydrogen-bond donors (Lipinski definition) is 2. The summed E-state index contributed by atoms with van der Waals surface area (Å²) in [6.07, 6.45) is -1.37. The number of halogens is 1. The molecule has 1 aliphatic heterocycles. The highest BCUT2D eigenvalue weighted by Gasteiger charge is 2.31. The smallest absolute Gasteiger partial charge is 0.411 e. The van der Waals surface area contributed by atoms with Gasteiger partial charge in [0.2, 0.25) is 5.91 Å². The zero-order valence-electron chi connectivity index (χ0n) is 10.0. The van der Waals surface area contributed by atoms with E-state index in [4.69, 9.17) is 10.2 Å². The average Bonchev–Trinajstić information content (AvgIpc) is 2.50. The number of carbonyl (C=O) groups is 2. The highest BCUT2D eigenvalue weighted by atomic mass is 19.1. The van der Waals surface area contributed by atoms with Crippen LogP contribution in [0.2, 0.25) is 0 Å². The molecule has 0 aliphatic carbocycles. The van der Waals surface area contributed by atoms with E-state index in [1.54, 1.807) is 0 Å². The molecule has 0 saturated carbocycles. The van der Waals surface area contributed by atoms with Gasteiger partial charge in [-0.25, -0.2) is 9.18 Å². The number of para-hydroxylation sites is 1. The fourth-order valence-electron chi connectivity index (χ4n) is 2.11. The van der Waals surface area contributed by atoms with Gasteiger partial charge in [0.1, 0.15) is 11.5 Å². The Morgan fingerprint density at radius 1 is 1.42 bits per heavy atom. The van der Waals surface area contributed by atoms with Crippen LogP contribution in [0.3, 0.4) is 0 Å². The molecule has 0 unspecified atom stereocenters. The Labute approximate surface area is 108 Å². The van der Waals surface area contributed by atoms with E-state index >= 15 is 0 Å². The lowest BCUT2D eigenvalue weighted by atomic mass is 10.2. The molecule has 102 valence electrons. The van der Waals surface area contributed by atoms with E-state index in [-0.39, 0.29) is 43.4 Å². The largest absolute Gasteiger partial charge is 0.465 e. The number of aliphatic hydroxyl groups excluding tert-OH is 1. The average molecular weight is 268 g/mol. The number of benzene rings is 1. The number of carboxylic acid groups (broad SMARTS) is 1. The Kier molecular flexibility index (Phi) is 3.66. The van der Waals surface area contributed by atoms with Crippen LogP contribution in [-0.4, -0.2) is 41.9 Å². The number of anilines is 2. The third-order valence-electron chi connectivity index (χ3n) is 2.93. The fraction of sp³-hybridized carbons (Fsp3) is 0.333. The van der Waals surface area contributed by atoms with Crippen molar-refractivity contribution in [3.63, 3.8) is 0 Å². The summed E-state index contributed by atoms with van der Waals surface area (Å²) in [5, 5.41) is 18.1. The van der Waals surface area contributed by atoms with Crippen molar-refractivity contribution in [1.29, 1.82) is 0 Å². The third kappa shape index (κ3) is 2.37. The number of rotatable bonds is 2. The van der Waals surface area contributed by atoms with Crippen LogP contribution in [0.5, 0.6) is 0 Å². The van der Waals surface area contributed by atoms with Crippen molar-refractivity contribution in [2.24, 2.45) is 0 Å². The van der Waals surface area contributed by atoms with Crippen molar-refractivity contribution < 1.29 is 24.2 Å². The second-order valence-corrected chi connectivity index (χ2v) is 4.06. The van der Waals surface area contributed by atoms with Gasteiger partial charge in [0.05, 0.1) is 12.3 Å². The topological polar surface area (TPSA) is 81.1 Å². The van der Waals surface area contributed by atoms with Crippen LogP contribution >= 0.6 is 0 Å². The van der Waals surface area contributed by atoms with Gasteiger partial charge >= 0.3 is 6.09 Å². The zero-order valence-corrected chi connectivity index (χ0v) is 10.0. The van der Waals surface area contributed by atoms with Crippen molar-refractivity contribution in [3.8, 4) is 0 Å². The number of hydrogen-bond acceptors (Lipinski definition) is 3. The summed E-state index contributed by atoms with van der Waals surface area (Å²) in [5.41, 5.74) is 0.0215. The van der Waals surface area contributed by atoms with Gasteiger partial charge in [-0.2, -0.15) is 0 Å². The molecule has 2 N–H and O–H groups in total. The number of β-amino-alcohol motifs (C(OH)–C–C–N with tert-alkyl or cyclic N) is 1. The van der Waals surface area contributed by atoms with E-state index in [9.17, 15) is 14.0 Å². The summed E-state index contributed by atoms with van der Waals surface area (Å²) in [6, 6.07) is 4.01. The van der Waals surface area contributed by atoms with Crippen LogP contribution in [-0.2, 0) is 4.79 Å². The van der Waals surface area contributed by atoms with Crippen molar-refractivity contribution in [3.05, 3.63) is 24.0 Å². The van der Waals surface area contributed by atoms with Crippen LogP contribution in [0.4, 0.5) is 20.6 Å². The molecule has 2 amide bonds. The maximum atomic E-state index is 13.9. The standard InChI is InChI=1S/C12H13FN2O4/c13-8-2-1-3-9-11(8)15(12(18)19)5-4-10(17)14(9)6-7-16/h1-3,16H,4-7H2,(H,18,19). The molecule has 0 atom stereocenters. The van der Waals surface area contributed by atoms with Crippen LogP contribution in [0, 0.1) is 5.82 Å². The zero-order chi connectivity index (χ0) is 14.0. The molecule has 0 aromatic heterocycles. The molecule has 1 aliphatic rings. The minimum absolute atomic E-state index is 0.00272. The number of aliphatic hydroxyl groups is 1. The van der Waals surface area contributed by atoms with Gasteiger partial charge in [0.15, 0.2) is 0 Å². The molecule has 19 heavy (non-hydrogen) atoms. The van der Waals surface area contributed by atoms with Gasteiger partial charge in [-0.05, 0) is 12.1 Å². The first-order valence-electron chi connectivity index (χ1n) is 5.76. The molecular formula is C12H13FN2O4. The van der Waals surface area contributed by atoms with E-state index in [0.29, 0.717) is 0 Å². The second-order valence-electron chi connectivity index (χ2n) is 4.06. The molecular weight excluding hydrogens is 255 g/mol. The number of nitrogens with zero attached hydrogens (tertiary/aromatic N) is 2. The van der Waals surface area contributed by atoms with E-state index < -0.39 is 11.9 Å². The Morgan fingerprint density at radius 3 is 2.79 bits per heavy atom. The van der Waals surface area contributed by atoms with Crippen LogP contribution in [0.25, 0.3) is 0 Å². The molecule has 1 aromatic rings. The molecule has 2 rings (SSSR count). The molecule has 1 heterocycles. The molecule has 0 bridgehead atoms. The molecule has 0 fully saturated rings. The summed E-state index contributed by atoms with van der Waals surface area (Å²) >= 11 is 0. The van der Waals surface area contributed by atoms with Crippen molar-refractivity contribution in [2.45, 2.75) is 6.42 Å². The molecule has 0 radical (unpaired) electrons. The Bertz CT molecular complexity index is 520. The SMILES string of the molecule is O=C1CCN(C(=O)O)c2c(F)cccc2N1CCO. The third-order valence-corrected chi connectivity index (χ3v) is 2.93. The molecule has 0 saturated heterocycles. The summed E-state index contributed by atoms with van der Waals surface area (Å²) in [7, 11) is 0. The summed E-state index contributed by atoms with van der Waals surface area (Å²) in [5.74, 6) is -1.05. The Hall–Kier alpha value is -2.15. The van der Waals surface area contributed by atoms with E-state index in [1.165, 1.54) is 17.0 Å². The lowest BCUT2D eigenvalue weighted by molar-refractivity contribution is -0.118. The van der Waals surface area contributed by atoms with E-state index in [1.807, 2.05) is 0 Å². The number of fused-ring (bicyclic) bond motifs is 1. The maximum absolute atomic E-state index is 13.9. The van der Waals surface area contributed by atoms with Crippen LogP contribution in [0.15, 0.2) is 18.2 Å². The van der Waals surface area contributed by atoms with Gasteiger partial charge in [-0.3, -0.25) is 9.69 Å². The minimum atomic E-state index is -1.31. The fourth-order valence-corrected chi connectivity index (χ4v) is 2.11. The Morgan fingerprint density at radius 2 is 2.16 bits per heavy atom. The summed E-state index contributed by atoms with van der Waals surface area (Å²) in [6.45, 7) is -0.387. The Balaban J connectivity index is 2.58. The first-order chi connectivity index (χ1) is 9.06. The molecule has 7 heteroatoms. The maximum Gasteiger partial charge on any atom is 0.411 e. The molecule has 6 nitrogen and oxygen atoms in total. The van der Waals surface area contributed by atoms with Crippen LogP contribution in [0.1, 0.15) is 6.42 Å². The lowest BCUT2D eigenvalue weighted by Crippen LogP contribution is -2.33. The van der Waals surface area contributed by atoms with Gasteiger partial charge in [-0.15, -0.1) is 0 Å². The minimum Gasteiger partial charge on any atom is -0.465 e. The number of carbonyl (C=O) groups excluding carboxylic acids is 1. The molecule has 1 aromatic carbocycles. The van der Waals surface area contributed by atoms with E-state index in [0.717, 1.165) is 11.0 Å². The normalized spacial score (nSPS) is 15.2. The highest BCUT2D eigenvalue weighted by molar-refractivity contribution is 6.03. The van der Waals surface area contributed by atoms with Crippen molar-refractivity contribution in [2.75, 3.05) is 29.5 Å². The predicted molar refractivity (Wildman–Crippen MR) is 65.8 cm³/mol.